The molecule has 314 valence electrons. The molecule has 58 heavy (non-hydrogen) atoms. The highest BCUT2D eigenvalue weighted by Gasteiger charge is 2.58. The van der Waals surface area contributed by atoms with Crippen LogP contribution in [0.15, 0.2) is 42.5 Å². The highest BCUT2D eigenvalue weighted by atomic mass is 32.2. The van der Waals surface area contributed by atoms with Crippen LogP contribution in [0.4, 0.5) is 4.79 Å². The lowest BCUT2D eigenvalue weighted by atomic mass is 9.73. The van der Waals surface area contributed by atoms with E-state index >= 15 is 0 Å². The topological polar surface area (TPSA) is 182 Å². The van der Waals surface area contributed by atoms with Gasteiger partial charge in [0.25, 0.3) is 5.91 Å². The molecule has 0 radical (unpaired) electrons. The molecule has 2 aliphatic carbocycles. The van der Waals surface area contributed by atoms with Crippen LogP contribution in [-0.2, 0) is 42.0 Å². The number of ether oxygens (including phenoxy) is 3. The maximum Gasteiger partial charge on any atom is 0.407 e. The van der Waals surface area contributed by atoms with Gasteiger partial charge in [0.05, 0.1) is 36.2 Å². The van der Waals surface area contributed by atoms with E-state index in [0.29, 0.717) is 62.9 Å². The summed E-state index contributed by atoms with van der Waals surface area (Å²) >= 11 is 0. The quantitative estimate of drug-likeness (QED) is 0.315. The van der Waals surface area contributed by atoms with Crippen molar-refractivity contribution in [3.8, 4) is 11.5 Å². The molecule has 1 aromatic heterocycles. The van der Waals surface area contributed by atoms with Crippen LogP contribution in [0.25, 0.3) is 10.9 Å². The van der Waals surface area contributed by atoms with Crippen molar-refractivity contribution in [1.29, 1.82) is 0 Å². The molecular weight excluding hydrogens is 763 g/mol. The molecule has 4 heterocycles. The van der Waals surface area contributed by atoms with Crippen molar-refractivity contribution in [1.82, 2.24) is 25.2 Å². The minimum atomic E-state index is -4.04. The third-order valence-electron chi connectivity index (χ3n) is 12.4. The largest absolute Gasteiger partial charge is 0.497 e. The summed E-state index contributed by atoms with van der Waals surface area (Å²) in [5.74, 6) is -1.28. The Hall–Kier alpha value is -4.66. The lowest BCUT2D eigenvalue weighted by Crippen LogP contribution is -2.67. The van der Waals surface area contributed by atoms with Crippen LogP contribution in [0, 0.1) is 11.3 Å². The van der Waals surface area contributed by atoms with Crippen LogP contribution in [0.3, 0.4) is 0 Å². The third-order valence-corrected chi connectivity index (χ3v) is 14.5. The van der Waals surface area contributed by atoms with Crippen molar-refractivity contribution in [2.75, 3.05) is 20.3 Å². The van der Waals surface area contributed by atoms with Crippen molar-refractivity contribution >= 4 is 44.7 Å². The monoisotopic (exact) mass is 819 g/mol. The first-order valence-corrected chi connectivity index (χ1v) is 22.1. The standard InChI is InChI=1S/C43H57N5O9S/c1-7-31-35-29(30-23-28(55-6)15-16-32(30)44-31)18-19-42(57-35)24-34-36(49)46-43(38(51)47-58(53,54)41(5)21-22-41)20-17-27(43)13-11-9-8-10-12-14-33(37(50)48(34)25-42)45-39(52)56-26-40(2,3)4/h11,13,15-17,20,23,27,33-34H,7-10,12,14,18-19,21-22,24-26H2,1-6H3,(H,45,52)(H,46,49)(H,47,51). The van der Waals surface area contributed by atoms with Crippen LogP contribution in [0.5, 0.6) is 11.5 Å². The van der Waals surface area contributed by atoms with Gasteiger partial charge in [-0.2, -0.15) is 0 Å². The molecule has 0 bridgehead atoms. The van der Waals surface area contributed by atoms with Gasteiger partial charge >= 0.3 is 6.09 Å². The molecule has 5 atom stereocenters. The zero-order valence-corrected chi connectivity index (χ0v) is 35.3. The van der Waals surface area contributed by atoms with Gasteiger partial charge in [0.2, 0.25) is 21.8 Å². The number of allylic oxidation sites excluding steroid dienone is 1. The number of sulfonamides is 1. The first-order chi connectivity index (χ1) is 27.4. The second kappa shape index (κ2) is 15.5. The van der Waals surface area contributed by atoms with E-state index in [2.05, 4.69) is 15.4 Å². The van der Waals surface area contributed by atoms with Crippen molar-refractivity contribution in [3.05, 3.63) is 53.8 Å². The van der Waals surface area contributed by atoms with Crippen molar-refractivity contribution in [2.24, 2.45) is 11.3 Å². The summed E-state index contributed by atoms with van der Waals surface area (Å²) in [4.78, 5) is 63.5. The Morgan fingerprint density at radius 3 is 2.55 bits per heavy atom. The van der Waals surface area contributed by atoms with Gasteiger partial charge in [-0.1, -0.05) is 64.8 Å². The molecule has 7 rings (SSSR count). The van der Waals surface area contributed by atoms with Crippen LogP contribution in [-0.4, -0.2) is 90.3 Å². The zero-order chi connectivity index (χ0) is 41.7. The van der Waals surface area contributed by atoms with E-state index in [4.69, 9.17) is 19.2 Å². The average Bonchev–Trinajstić information content (AvgIpc) is 3.84. The number of fused-ring (bicyclic) bond motifs is 5. The van der Waals surface area contributed by atoms with Crippen LogP contribution < -0.4 is 24.8 Å². The summed E-state index contributed by atoms with van der Waals surface area (Å²) in [7, 11) is -2.43. The SMILES string of the molecule is CCc1nc2ccc(OC)cc2c2c1OC1(CC2)CC2C(=O)NC3(C(=O)NS(=O)(=O)C4(C)CC4)C=CC3C=CCCCCCC(NC(=O)OCC(C)(C)C)C(=O)N2C1. The maximum atomic E-state index is 14.9. The summed E-state index contributed by atoms with van der Waals surface area (Å²) in [6.07, 6.45) is 12.0. The second-order valence-electron chi connectivity index (χ2n) is 18.1. The van der Waals surface area contributed by atoms with Gasteiger partial charge in [-0.25, -0.2) is 18.2 Å². The molecule has 2 fully saturated rings. The fourth-order valence-corrected chi connectivity index (χ4v) is 9.71. The number of alkyl carbamates (subject to hydrolysis) is 1. The fourth-order valence-electron chi connectivity index (χ4n) is 8.41. The molecule has 5 unspecified atom stereocenters. The molecule has 1 saturated heterocycles. The summed E-state index contributed by atoms with van der Waals surface area (Å²) in [6, 6.07) is 3.60. The lowest BCUT2D eigenvalue weighted by molar-refractivity contribution is -0.142. The first-order valence-electron chi connectivity index (χ1n) is 20.6. The fraction of sp³-hybridized carbons (Fsp3) is 0.605. The minimum absolute atomic E-state index is 0.0307. The Bertz CT molecular complexity index is 2160. The molecule has 1 aromatic carbocycles. The van der Waals surface area contributed by atoms with Gasteiger partial charge in [-0.05, 0) is 81.9 Å². The van der Waals surface area contributed by atoms with E-state index in [1.807, 2.05) is 58.0 Å². The number of hydrogen-bond acceptors (Lipinski definition) is 10. The minimum Gasteiger partial charge on any atom is -0.497 e. The number of rotatable bonds is 7. The summed E-state index contributed by atoms with van der Waals surface area (Å²) < 4.78 is 45.9. The van der Waals surface area contributed by atoms with E-state index in [0.717, 1.165) is 35.0 Å². The molecule has 4 amide bonds. The van der Waals surface area contributed by atoms with E-state index < -0.39 is 67.7 Å². The number of nitrogens with one attached hydrogen (secondary N) is 3. The predicted molar refractivity (Wildman–Crippen MR) is 218 cm³/mol. The Balaban J connectivity index is 1.26. The Morgan fingerprint density at radius 1 is 1.10 bits per heavy atom. The van der Waals surface area contributed by atoms with Crippen molar-refractivity contribution < 1.29 is 41.8 Å². The number of amides is 4. The second-order valence-corrected chi connectivity index (χ2v) is 20.3. The third kappa shape index (κ3) is 8.02. The highest BCUT2D eigenvalue weighted by molar-refractivity contribution is 7.91. The Labute approximate surface area is 340 Å². The van der Waals surface area contributed by atoms with Gasteiger partial charge in [0, 0.05) is 23.3 Å². The van der Waals surface area contributed by atoms with Gasteiger partial charge in [0.1, 0.15) is 34.7 Å². The summed E-state index contributed by atoms with van der Waals surface area (Å²) in [6.45, 7) is 9.58. The Morgan fingerprint density at radius 2 is 1.88 bits per heavy atom. The molecule has 5 aliphatic rings. The number of hydrogen-bond donors (Lipinski definition) is 3. The number of carbonyl (C=O) groups is 4. The van der Waals surface area contributed by atoms with Crippen molar-refractivity contribution in [3.63, 3.8) is 0 Å². The molecule has 3 N–H and O–H groups in total. The van der Waals surface area contributed by atoms with E-state index in [-0.39, 0.29) is 25.0 Å². The average molecular weight is 820 g/mol. The smallest absolute Gasteiger partial charge is 0.407 e. The number of benzene rings is 1. The number of aryl methyl sites for hydroxylation is 2. The molecule has 1 saturated carbocycles. The maximum absolute atomic E-state index is 14.9. The molecule has 15 heteroatoms. The van der Waals surface area contributed by atoms with Crippen molar-refractivity contribution in [2.45, 2.75) is 133 Å². The number of pyridine rings is 1. The van der Waals surface area contributed by atoms with E-state index in [1.54, 1.807) is 20.1 Å². The van der Waals surface area contributed by atoms with Crippen LogP contribution in [0.2, 0.25) is 0 Å². The molecule has 14 nitrogen and oxygen atoms in total. The number of carbonyl (C=O) groups excluding carboxylic acids is 4. The van der Waals surface area contributed by atoms with Crippen LogP contribution in [0.1, 0.15) is 104 Å². The van der Waals surface area contributed by atoms with Gasteiger partial charge in [-0.15, -0.1) is 0 Å². The number of aromatic nitrogens is 1. The summed E-state index contributed by atoms with van der Waals surface area (Å²) in [5.41, 5.74) is -0.492. The van der Waals surface area contributed by atoms with Gasteiger partial charge in [0.15, 0.2) is 0 Å². The van der Waals surface area contributed by atoms with Gasteiger partial charge < -0.3 is 29.7 Å². The first kappa shape index (κ1) is 41.5. The molecule has 3 aliphatic heterocycles. The molecule has 1 spiro atoms. The zero-order valence-electron chi connectivity index (χ0n) is 34.4. The number of nitrogens with zero attached hydrogens (tertiary/aromatic N) is 2. The Kier molecular flexibility index (Phi) is 11.1. The number of methoxy groups -OCH3 is 1. The van der Waals surface area contributed by atoms with E-state index in [1.165, 1.54) is 11.0 Å². The lowest BCUT2D eigenvalue weighted by Gasteiger charge is -2.42. The predicted octanol–water partition coefficient (Wildman–Crippen LogP) is 5.17. The van der Waals surface area contributed by atoms with Gasteiger partial charge in [-0.3, -0.25) is 19.1 Å². The normalized spacial score (nSPS) is 28.1. The summed E-state index contributed by atoms with van der Waals surface area (Å²) in [5, 5.41) is 6.65. The molecule has 2 aromatic rings. The highest BCUT2D eigenvalue weighted by Crippen LogP contribution is 2.46. The van der Waals surface area contributed by atoms with Crippen LogP contribution >= 0.6 is 0 Å². The molecular formula is C43H57N5O9S. The van der Waals surface area contributed by atoms with E-state index in [9.17, 15) is 27.6 Å².